The third-order valence-electron chi connectivity index (χ3n) is 3.56. The third-order valence-corrected chi connectivity index (χ3v) is 3.56. The number of ether oxygens (including phenoxy) is 1. The molecule has 0 atom stereocenters. The first kappa shape index (κ1) is 15.8. The number of likely N-dealkylation sites (N-methyl/N-ethyl adjacent to an activating group) is 1. The van der Waals surface area contributed by atoms with Gasteiger partial charge in [0.25, 0.3) is 5.91 Å². The Bertz CT molecular complexity index is 610. The minimum Gasteiger partial charge on any atom is -0.482 e. The Balaban J connectivity index is 2.28. The molecule has 22 heavy (non-hydrogen) atoms. The summed E-state index contributed by atoms with van der Waals surface area (Å²) in [6, 6.07) is 4.24. The van der Waals surface area contributed by atoms with E-state index in [-0.39, 0.29) is 30.5 Å². The van der Waals surface area contributed by atoms with Gasteiger partial charge in [0.1, 0.15) is 12.3 Å². The van der Waals surface area contributed by atoms with Gasteiger partial charge in [-0.2, -0.15) is 0 Å². The van der Waals surface area contributed by atoms with Gasteiger partial charge in [0, 0.05) is 13.1 Å². The predicted molar refractivity (Wildman–Crippen MR) is 79.2 cm³/mol. The zero-order chi connectivity index (χ0) is 16.3. The van der Waals surface area contributed by atoms with Crippen LogP contribution in [0.5, 0.6) is 5.75 Å². The summed E-state index contributed by atoms with van der Waals surface area (Å²) in [6.45, 7) is 4.59. The summed E-state index contributed by atoms with van der Waals surface area (Å²) < 4.78 is 5.27. The highest BCUT2D eigenvalue weighted by molar-refractivity contribution is 6.02. The van der Waals surface area contributed by atoms with Crippen LogP contribution >= 0.6 is 0 Å². The fraction of sp³-hybridized carbons (Fsp3) is 0.400. The molecule has 1 aliphatic rings. The topological polar surface area (TPSA) is 87.2 Å². The van der Waals surface area contributed by atoms with Crippen molar-refractivity contribution in [3.8, 4) is 5.75 Å². The second-order valence-electron chi connectivity index (χ2n) is 4.82. The molecular formula is C15H18N2O5. The van der Waals surface area contributed by atoms with Crippen molar-refractivity contribution in [1.82, 2.24) is 4.90 Å². The van der Waals surface area contributed by atoms with Crippen LogP contribution < -0.4 is 9.64 Å². The van der Waals surface area contributed by atoms with Crippen molar-refractivity contribution in [2.24, 2.45) is 0 Å². The van der Waals surface area contributed by atoms with Crippen LogP contribution in [0.2, 0.25) is 0 Å². The molecule has 2 amide bonds. The summed E-state index contributed by atoms with van der Waals surface area (Å²) in [5, 5.41) is 8.99. The number of carbonyl (C=O) groups excluding carboxylic acids is 2. The lowest BCUT2D eigenvalue weighted by molar-refractivity contribution is -0.131. The Labute approximate surface area is 128 Å². The Kier molecular flexibility index (Phi) is 4.65. The molecule has 0 aromatic heterocycles. The van der Waals surface area contributed by atoms with Crippen LogP contribution in [0.1, 0.15) is 24.2 Å². The van der Waals surface area contributed by atoms with Crippen LogP contribution in [-0.2, 0) is 9.59 Å². The van der Waals surface area contributed by atoms with Gasteiger partial charge in [-0.05, 0) is 32.0 Å². The van der Waals surface area contributed by atoms with Crippen molar-refractivity contribution in [2.75, 3.05) is 31.1 Å². The van der Waals surface area contributed by atoms with Crippen molar-refractivity contribution < 1.29 is 24.2 Å². The molecule has 0 saturated heterocycles. The number of aromatic carboxylic acids is 1. The van der Waals surface area contributed by atoms with E-state index in [0.717, 1.165) is 0 Å². The first-order valence-electron chi connectivity index (χ1n) is 7.06. The number of rotatable bonds is 5. The summed E-state index contributed by atoms with van der Waals surface area (Å²) in [5.41, 5.74) is 0.491. The summed E-state index contributed by atoms with van der Waals surface area (Å²) >= 11 is 0. The van der Waals surface area contributed by atoms with E-state index in [1.165, 1.54) is 23.1 Å². The molecule has 0 aliphatic carbocycles. The first-order valence-corrected chi connectivity index (χ1v) is 7.06. The van der Waals surface area contributed by atoms with E-state index in [4.69, 9.17) is 9.84 Å². The average molecular weight is 306 g/mol. The number of fused-ring (bicyclic) bond motifs is 1. The second kappa shape index (κ2) is 6.46. The zero-order valence-corrected chi connectivity index (χ0v) is 12.5. The zero-order valence-electron chi connectivity index (χ0n) is 12.5. The quantitative estimate of drug-likeness (QED) is 0.876. The lowest BCUT2D eigenvalue weighted by Crippen LogP contribution is -2.46. The van der Waals surface area contributed by atoms with E-state index in [1.807, 2.05) is 13.8 Å². The molecule has 1 heterocycles. The van der Waals surface area contributed by atoms with Crippen molar-refractivity contribution in [3.63, 3.8) is 0 Å². The van der Waals surface area contributed by atoms with Gasteiger partial charge >= 0.3 is 5.97 Å². The third kappa shape index (κ3) is 3.03. The van der Waals surface area contributed by atoms with Gasteiger partial charge in [-0.3, -0.25) is 14.5 Å². The molecule has 1 aliphatic heterocycles. The van der Waals surface area contributed by atoms with Gasteiger partial charge in [-0.1, -0.05) is 0 Å². The largest absolute Gasteiger partial charge is 0.482 e. The molecule has 0 radical (unpaired) electrons. The number of hydrogen-bond donors (Lipinski definition) is 1. The van der Waals surface area contributed by atoms with Gasteiger partial charge in [0.15, 0.2) is 6.61 Å². The lowest BCUT2D eigenvalue weighted by Gasteiger charge is -2.30. The number of carboxylic acid groups (broad SMARTS) is 1. The second-order valence-corrected chi connectivity index (χ2v) is 4.82. The standard InChI is InChI=1S/C15H18N2O5/c1-3-16(4-2)13(18)8-17-11-6-5-10(15(20)21)7-12(11)22-9-14(17)19/h5-7H,3-4,8-9H2,1-2H3,(H,20,21). The molecule has 0 saturated carbocycles. The Morgan fingerprint density at radius 3 is 2.59 bits per heavy atom. The summed E-state index contributed by atoms with van der Waals surface area (Å²) in [5.74, 6) is -1.26. The van der Waals surface area contributed by atoms with Crippen molar-refractivity contribution in [2.45, 2.75) is 13.8 Å². The molecule has 0 spiro atoms. The highest BCUT2D eigenvalue weighted by Crippen LogP contribution is 2.32. The maximum atomic E-state index is 12.2. The van der Waals surface area contributed by atoms with Crippen molar-refractivity contribution in [1.29, 1.82) is 0 Å². The number of hydrogen-bond acceptors (Lipinski definition) is 4. The normalized spacial score (nSPS) is 13.4. The van der Waals surface area contributed by atoms with Crippen LogP contribution in [0.15, 0.2) is 18.2 Å². The molecule has 1 aromatic carbocycles. The molecule has 1 aromatic rings. The van der Waals surface area contributed by atoms with E-state index < -0.39 is 5.97 Å². The number of benzene rings is 1. The molecular weight excluding hydrogens is 288 g/mol. The number of carbonyl (C=O) groups is 3. The van der Waals surface area contributed by atoms with Crippen molar-refractivity contribution in [3.05, 3.63) is 23.8 Å². The molecule has 0 bridgehead atoms. The molecule has 0 unspecified atom stereocenters. The summed E-state index contributed by atoms with van der Waals surface area (Å²) in [7, 11) is 0. The molecule has 0 fully saturated rings. The first-order chi connectivity index (χ1) is 10.5. The molecule has 1 N–H and O–H groups in total. The van der Waals surface area contributed by atoms with Gasteiger partial charge in [0.05, 0.1) is 11.3 Å². The Morgan fingerprint density at radius 2 is 2.00 bits per heavy atom. The van der Waals surface area contributed by atoms with Crippen LogP contribution in [0.25, 0.3) is 0 Å². The minimum atomic E-state index is -1.07. The van der Waals surface area contributed by atoms with E-state index in [1.54, 1.807) is 4.90 Å². The molecule has 2 rings (SSSR count). The monoisotopic (exact) mass is 306 g/mol. The number of carboxylic acids is 1. The fourth-order valence-electron chi connectivity index (χ4n) is 2.32. The smallest absolute Gasteiger partial charge is 0.335 e. The van der Waals surface area contributed by atoms with E-state index in [0.29, 0.717) is 24.5 Å². The summed E-state index contributed by atoms with van der Waals surface area (Å²) in [4.78, 5) is 38.2. The Morgan fingerprint density at radius 1 is 1.32 bits per heavy atom. The van der Waals surface area contributed by atoms with Crippen LogP contribution in [0.3, 0.4) is 0 Å². The maximum absolute atomic E-state index is 12.2. The van der Waals surface area contributed by atoms with E-state index in [2.05, 4.69) is 0 Å². The number of nitrogens with zero attached hydrogens (tertiary/aromatic N) is 2. The predicted octanol–water partition coefficient (Wildman–Crippen LogP) is 0.979. The van der Waals surface area contributed by atoms with Crippen LogP contribution in [0, 0.1) is 0 Å². The average Bonchev–Trinajstić information content (AvgIpc) is 2.50. The number of amides is 2. The van der Waals surface area contributed by atoms with Crippen LogP contribution in [0.4, 0.5) is 5.69 Å². The molecule has 7 heteroatoms. The van der Waals surface area contributed by atoms with E-state index >= 15 is 0 Å². The maximum Gasteiger partial charge on any atom is 0.335 e. The Hall–Kier alpha value is -2.57. The van der Waals surface area contributed by atoms with E-state index in [9.17, 15) is 14.4 Å². The minimum absolute atomic E-state index is 0.0723. The van der Waals surface area contributed by atoms with Crippen molar-refractivity contribution >= 4 is 23.5 Å². The highest BCUT2D eigenvalue weighted by Gasteiger charge is 2.29. The fourth-order valence-corrected chi connectivity index (χ4v) is 2.32. The summed E-state index contributed by atoms with van der Waals surface area (Å²) in [6.07, 6.45) is 0. The molecule has 7 nitrogen and oxygen atoms in total. The van der Waals surface area contributed by atoms with Gasteiger partial charge in [-0.15, -0.1) is 0 Å². The lowest BCUT2D eigenvalue weighted by atomic mass is 10.1. The molecule has 118 valence electrons. The number of anilines is 1. The van der Waals surface area contributed by atoms with Crippen LogP contribution in [-0.4, -0.2) is 54.0 Å². The van der Waals surface area contributed by atoms with Gasteiger partial charge in [0.2, 0.25) is 5.91 Å². The van der Waals surface area contributed by atoms with Gasteiger partial charge in [-0.25, -0.2) is 4.79 Å². The SMILES string of the molecule is CCN(CC)C(=O)CN1C(=O)COc2cc(C(=O)O)ccc21. The van der Waals surface area contributed by atoms with Gasteiger partial charge < -0.3 is 14.7 Å². The highest BCUT2D eigenvalue weighted by atomic mass is 16.5.